The van der Waals surface area contributed by atoms with E-state index in [-0.39, 0.29) is 12.0 Å². The second-order valence-corrected chi connectivity index (χ2v) is 8.48. The van der Waals surface area contributed by atoms with E-state index in [1.807, 2.05) is 0 Å². The molecule has 0 bridgehead atoms. The summed E-state index contributed by atoms with van der Waals surface area (Å²) in [5.74, 6) is -0.0879. The maximum Gasteiger partial charge on any atom is 0.322 e. The average Bonchev–Trinajstić information content (AvgIpc) is 2.71. The first-order chi connectivity index (χ1) is 13.8. The maximum absolute atomic E-state index is 12.0. The molecule has 1 N–H and O–H groups in total. The SMILES string of the molecule is CCCCCCCCCCCCNC(CCCCCCCCCC)C(=O)OC. The third-order valence-corrected chi connectivity index (χ3v) is 5.75. The van der Waals surface area contributed by atoms with E-state index in [0.29, 0.717) is 0 Å². The number of carbonyl (C=O) groups is 1. The van der Waals surface area contributed by atoms with Gasteiger partial charge >= 0.3 is 5.97 Å². The van der Waals surface area contributed by atoms with Crippen molar-refractivity contribution in [1.29, 1.82) is 0 Å². The van der Waals surface area contributed by atoms with Gasteiger partial charge in [0.2, 0.25) is 0 Å². The standard InChI is InChI=1S/C25H51NO2/c1-4-6-8-10-12-14-15-17-19-21-23-26-24(25(27)28-3)22-20-18-16-13-11-9-7-5-2/h24,26H,4-23H2,1-3H3. The van der Waals surface area contributed by atoms with Gasteiger partial charge in [-0.2, -0.15) is 0 Å². The van der Waals surface area contributed by atoms with Crippen LogP contribution in [-0.4, -0.2) is 25.7 Å². The molecule has 0 spiro atoms. The lowest BCUT2D eigenvalue weighted by molar-refractivity contribution is -0.143. The van der Waals surface area contributed by atoms with Gasteiger partial charge in [0.05, 0.1) is 7.11 Å². The molecule has 0 saturated heterocycles. The van der Waals surface area contributed by atoms with Crippen LogP contribution >= 0.6 is 0 Å². The number of ether oxygens (including phenoxy) is 1. The third-order valence-electron chi connectivity index (χ3n) is 5.75. The van der Waals surface area contributed by atoms with Gasteiger partial charge in [0, 0.05) is 0 Å². The van der Waals surface area contributed by atoms with Crippen LogP contribution in [0.15, 0.2) is 0 Å². The molecule has 0 aromatic carbocycles. The maximum atomic E-state index is 12.0. The fourth-order valence-electron chi connectivity index (χ4n) is 3.82. The summed E-state index contributed by atoms with van der Waals surface area (Å²) >= 11 is 0. The highest BCUT2D eigenvalue weighted by Gasteiger charge is 2.17. The Morgan fingerprint density at radius 2 is 1.04 bits per heavy atom. The quantitative estimate of drug-likeness (QED) is 0.151. The van der Waals surface area contributed by atoms with Gasteiger partial charge in [0.15, 0.2) is 0 Å². The number of carbonyl (C=O) groups excluding carboxylic acids is 1. The van der Waals surface area contributed by atoms with E-state index in [0.717, 1.165) is 19.4 Å². The van der Waals surface area contributed by atoms with Gasteiger partial charge in [-0.05, 0) is 19.4 Å². The van der Waals surface area contributed by atoms with Crippen molar-refractivity contribution in [3.8, 4) is 0 Å². The van der Waals surface area contributed by atoms with Crippen LogP contribution in [0.25, 0.3) is 0 Å². The molecule has 3 nitrogen and oxygen atoms in total. The molecule has 168 valence electrons. The van der Waals surface area contributed by atoms with Crippen LogP contribution in [-0.2, 0) is 9.53 Å². The first-order valence-electron chi connectivity index (χ1n) is 12.6. The van der Waals surface area contributed by atoms with Crippen molar-refractivity contribution in [2.24, 2.45) is 0 Å². The molecule has 0 aliphatic carbocycles. The van der Waals surface area contributed by atoms with Gasteiger partial charge in [-0.1, -0.05) is 123 Å². The van der Waals surface area contributed by atoms with Crippen LogP contribution < -0.4 is 5.32 Å². The first-order valence-corrected chi connectivity index (χ1v) is 12.6. The van der Waals surface area contributed by atoms with Gasteiger partial charge in [-0.15, -0.1) is 0 Å². The Labute approximate surface area is 176 Å². The van der Waals surface area contributed by atoms with Crippen molar-refractivity contribution in [2.75, 3.05) is 13.7 Å². The molecule has 0 aliphatic rings. The zero-order valence-electron chi connectivity index (χ0n) is 19.5. The number of esters is 1. The van der Waals surface area contributed by atoms with Gasteiger partial charge in [-0.3, -0.25) is 4.79 Å². The summed E-state index contributed by atoms with van der Waals surface area (Å²) < 4.78 is 4.98. The van der Waals surface area contributed by atoms with Crippen molar-refractivity contribution in [1.82, 2.24) is 5.32 Å². The minimum atomic E-state index is -0.108. The van der Waals surface area contributed by atoms with Gasteiger partial charge < -0.3 is 10.1 Å². The Morgan fingerprint density at radius 3 is 1.46 bits per heavy atom. The Morgan fingerprint density at radius 1 is 0.643 bits per heavy atom. The molecule has 0 saturated carbocycles. The van der Waals surface area contributed by atoms with E-state index in [4.69, 9.17) is 4.74 Å². The van der Waals surface area contributed by atoms with Gasteiger partial charge in [-0.25, -0.2) is 0 Å². The lowest BCUT2D eigenvalue weighted by atomic mass is 10.0. The molecule has 1 unspecified atom stereocenters. The molecule has 28 heavy (non-hydrogen) atoms. The average molecular weight is 398 g/mol. The number of rotatable bonds is 22. The number of hydrogen-bond acceptors (Lipinski definition) is 3. The number of methoxy groups -OCH3 is 1. The molecule has 0 aromatic heterocycles. The Kier molecular flexibility index (Phi) is 22.3. The second-order valence-electron chi connectivity index (χ2n) is 8.48. The molecule has 1 atom stereocenters. The lowest BCUT2D eigenvalue weighted by Gasteiger charge is -2.16. The number of unbranched alkanes of at least 4 members (excludes halogenated alkanes) is 16. The zero-order valence-corrected chi connectivity index (χ0v) is 19.5. The zero-order chi connectivity index (χ0) is 20.7. The van der Waals surface area contributed by atoms with Crippen molar-refractivity contribution in [3.63, 3.8) is 0 Å². The predicted octanol–water partition coefficient (Wildman–Crippen LogP) is 7.57. The van der Waals surface area contributed by atoms with E-state index < -0.39 is 0 Å². The molecule has 0 rings (SSSR count). The Hall–Kier alpha value is -0.570. The summed E-state index contributed by atoms with van der Waals surface area (Å²) in [6.45, 7) is 5.47. The van der Waals surface area contributed by atoms with Crippen molar-refractivity contribution in [2.45, 2.75) is 142 Å². The highest BCUT2D eigenvalue weighted by atomic mass is 16.5. The summed E-state index contributed by atoms with van der Waals surface area (Å²) in [6, 6.07) is -0.108. The van der Waals surface area contributed by atoms with E-state index in [9.17, 15) is 4.79 Å². The van der Waals surface area contributed by atoms with E-state index >= 15 is 0 Å². The van der Waals surface area contributed by atoms with Crippen LogP contribution in [0.4, 0.5) is 0 Å². The normalized spacial score (nSPS) is 12.2. The summed E-state index contributed by atoms with van der Waals surface area (Å²) in [4.78, 5) is 12.0. The molecule has 0 fully saturated rings. The second kappa shape index (κ2) is 22.7. The fourth-order valence-corrected chi connectivity index (χ4v) is 3.82. The summed E-state index contributed by atoms with van der Waals surface area (Å²) in [5, 5.41) is 3.44. The van der Waals surface area contributed by atoms with Crippen LogP contribution in [0.2, 0.25) is 0 Å². The molecule has 0 aromatic rings. The molecule has 0 radical (unpaired) electrons. The number of nitrogens with one attached hydrogen (secondary N) is 1. The van der Waals surface area contributed by atoms with Crippen LogP contribution in [0.5, 0.6) is 0 Å². The minimum absolute atomic E-state index is 0.0879. The molecule has 0 amide bonds. The first kappa shape index (κ1) is 27.4. The summed E-state index contributed by atoms with van der Waals surface area (Å²) in [6.07, 6.45) is 24.8. The van der Waals surface area contributed by atoms with Crippen LogP contribution in [0.3, 0.4) is 0 Å². The Balaban J connectivity index is 3.59. The largest absolute Gasteiger partial charge is 0.468 e. The highest BCUT2D eigenvalue weighted by Crippen LogP contribution is 2.12. The molecular weight excluding hydrogens is 346 g/mol. The van der Waals surface area contributed by atoms with Crippen LogP contribution in [0, 0.1) is 0 Å². The molecule has 0 aliphatic heterocycles. The summed E-state index contributed by atoms with van der Waals surface area (Å²) in [7, 11) is 1.51. The van der Waals surface area contributed by atoms with E-state index in [1.54, 1.807) is 0 Å². The van der Waals surface area contributed by atoms with Crippen molar-refractivity contribution in [3.05, 3.63) is 0 Å². The minimum Gasteiger partial charge on any atom is -0.468 e. The third kappa shape index (κ3) is 18.8. The van der Waals surface area contributed by atoms with E-state index in [1.165, 1.54) is 116 Å². The van der Waals surface area contributed by atoms with Gasteiger partial charge in [0.1, 0.15) is 6.04 Å². The molecular formula is C25H51NO2. The Bertz CT molecular complexity index is 320. The fraction of sp³-hybridized carbons (Fsp3) is 0.960. The van der Waals surface area contributed by atoms with Crippen molar-refractivity contribution < 1.29 is 9.53 Å². The van der Waals surface area contributed by atoms with Crippen LogP contribution in [0.1, 0.15) is 136 Å². The monoisotopic (exact) mass is 397 g/mol. The lowest BCUT2D eigenvalue weighted by Crippen LogP contribution is -2.38. The van der Waals surface area contributed by atoms with Crippen molar-refractivity contribution >= 4 is 5.97 Å². The number of hydrogen-bond donors (Lipinski definition) is 1. The smallest absolute Gasteiger partial charge is 0.322 e. The van der Waals surface area contributed by atoms with E-state index in [2.05, 4.69) is 19.2 Å². The topological polar surface area (TPSA) is 38.3 Å². The van der Waals surface area contributed by atoms with Gasteiger partial charge in [0.25, 0.3) is 0 Å². The molecule has 3 heteroatoms. The summed E-state index contributed by atoms with van der Waals surface area (Å²) in [5.41, 5.74) is 0. The highest BCUT2D eigenvalue weighted by molar-refractivity contribution is 5.75. The predicted molar refractivity (Wildman–Crippen MR) is 123 cm³/mol. The molecule has 0 heterocycles.